The molecular formula is C9H11F3O5S. The van der Waals surface area contributed by atoms with Gasteiger partial charge in [-0.25, -0.2) is 4.79 Å². The van der Waals surface area contributed by atoms with Crippen molar-refractivity contribution in [2.45, 2.75) is 17.8 Å². The standard InChI is InChI=1S/C9H11F3O5S/c1-16-7(14)5(13)3-6(8(15)17-2)18-4-9(10,11)12/h6H,3-4H2,1-2H3. The second-order valence-corrected chi connectivity index (χ2v) is 4.25. The first-order valence-corrected chi connectivity index (χ1v) is 5.63. The van der Waals surface area contributed by atoms with Crippen LogP contribution in [0.25, 0.3) is 0 Å². The van der Waals surface area contributed by atoms with Gasteiger partial charge in [0.2, 0.25) is 5.78 Å². The lowest BCUT2D eigenvalue weighted by molar-refractivity contribution is -0.152. The van der Waals surface area contributed by atoms with Gasteiger partial charge in [0.05, 0.1) is 20.0 Å². The zero-order chi connectivity index (χ0) is 14.3. The number of ether oxygens (including phenoxy) is 2. The normalized spacial score (nSPS) is 12.7. The van der Waals surface area contributed by atoms with Gasteiger partial charge >= 0.3 is 18.1 Å². The molecule has 0 N–H and O–H groups in total. The van der Waals surface area contributed by atoms with Crippen LogP contribution in [-0.4, -0.2) is 49.1 Å². The minimum atomic E-state index is -4.48. The van der Waals surface area contributed by atoms with Crippen LogP contribution in [0.5, 0.6) is 0 Å². The number of hydrogen-bond donors (Lipinski definition) is 0. The van der Waals surface area contributed by atoms with Crippen molar-refractivity contribution in [3.05, 3.63) is 0 Å². The molecule has 0 aliphatic heterocycles. The highest BCUT2D eigenvalue weighted by atomic mass is 32.2. The Hall–Kier alpha value is -1.25. The summed E-state index contributed by atoms with van der Waals surface area (Å²) in [6, 6.07) is 0. The van der Waals surface area contributed by atoms with E-state index in [1.165, 1.54) is 0 Å². The number of carbonyl (C=O) groups is 3. The minimum absolute atomic E-state index is 0.189. The molecule has 0 radical (unpaired) electrons. The van der Waals surface area contributed by atoms with Crippen molar-refractivity contribution in [2.75, 3.05) is 20.0 Å². The third kappa shape index (κ3) is 6.48. The van der Waals surface area contributed by atoms with Gasteiger partial charge in [0.15, 0.2) is 0 Å². The van der Waals surface area contributed by atoms with Gasteiger partial charge in [0.25, 0.3) is 0 Å². The van der Waals surface area contributed by atoms with Crippen LogP contribution in [0.4, 0.5) is 13.2 Å². The third-order valence-electron chi connectivity index (χ3n) is 1.70. The molecule has 0 aromatic rings. The summed E-state index contributed by atoms with van der Waals surface area (Å²) in [5, 5.41) is -1.39. The van der Waals surface area contributed by atoms with Gasteiger partial charge in [-0.2, -0.15) is 13.2 Å². The number of hydrogen-bond acceptors (Lipinski definition) is 6. The van der Waals surface area contributed by atoms with E-state index in [-0.39, 0.29) is 11.8 Å². The summed E-state index contributed by atoms with van der Waals surface area (Å²) in [5.74, 6) is -4.61. The highest BCUT2D eigenvalue weighted by Gasteiger charge is 2.33. The van der Waals surface area contributed by atoms with Crippen LogP contribution in [0.1, 0.15) is 6.42 Å². The summed E-state index contributed by atoms with van der Waals surface area (Å²) >= 11 is 0.189. The first-order chi connectivity index (χ1) is 8.21. The maximum absolute atomic E-state index is 12.0. The molecule has 1 atom stereocenters. The molecule has 9 heteroatoms. The van der Waals surface area contributed by atoms with Gasteiger partial charge in [-0.1, -0.05) is 0 Å². The fourth-order valence-corrected chi connectivity index (χ4v) is 1.79. The molecule has 0 saturated carbocycles. The van der Waals surface area contributed by atoms with Gasteiger partial charge in [-0.15, -0.1) is 11.8 Å². The summed E-state index contributed by atoms with van der Waals surface area (Å²) in [4.78, 5) is 33.1. The van der Waals surface area contributed by atoms with E-state index < -0.39 is 41.3 Å². The molecule has 0 bridgehead atoms. The average Bonchev–Trinajstić information content (AvgIpc) is 2.30. The molecule has 5 nitrogen and oxygen atoms in total. The Morgan fingerprint density at radius 1 is 1.17 bits per heavy atom. The van der Waals surface area contributed by atoms with E-state index in [9.17, 15) is 27.6 Å². The number of methoxy groups -OCH3 is 2. The SMILES string of the molecule is COC(=O)C(=O)CC(SCC(F)(F)F)C(=O)OC. The van der Waals surface area contributed by atoms with Crippen LogP contribution in [0.2, 0.25) is 0 Å². The van der Waals surface area contributed by atoms with Crippen LogP contribution in [0.3, 0.4) is 0 Å². The molecular weight excluding hydrogens is 277 g/mol. The first kappa shape index (κ1) is 16.8. The topological polar surface area (TPSA) is 69.7 Å². The Morgan fingerprint density at radius 3 is 2.11 bits per heavy atom. The Kier molecular flexibility index (Phi) is 6.74. The van der Waals surface area contributed by atoms with Crippen LogP contribution in [-0.2, 0) is 23.9 Å². The molecule has 0 spiro atoms. The van der Waals surface area contributed by atoms with E-state index in [4.69, 9.17) is 0 Å². The number of carbonyl (C=O) groups excluding carboxylic acids is 3. The molecule has 0 aromatic heterocycles. The highest BCUT2D eigenvalue weighted by molar-refractivity contribution is 8.00. The van der Waals surface area contributed by atoms with Crippen molar-refractivity contribution in [3.8, 4) is 0 Å². The molecule has 0 aliphatic rings. The van der Waals surface area contributed by atoms with E-state index in [1.807, 2.05) is 0 Å². The zero-order valence-electron chi connectivity index (χ0n) is 9.57. The smallest absolute Gasteiger partial charge is 0.397 e. The molecule has 18 heavy (non-hydrogen) atoms. The lowest BCUT2D eigenvalue weighted by Crippen LogP contribution is -2.28. The number of Topliss-reactive ketones (excluding diaryl/α,β-unsaturated/α-hetero) is 1. The number of thioether (sulfide) groups is 1. The third-order valence-corrected chi connectivity index (χ3v) is 2.95. The van der Waals surface area contributed by atoms with Gasteiger partial charge in [0, 0.05) is 6.42 Å². The predicted octanol–water partition coefficient (Wildman–Crippen LogP) is 0.956. The Labute approximate surface area is 105 Å². The Balaban J connectivity index is 4.55. The molecule has 0 saturated heterocycles. The summed E-state index contributed by atoms with van der Waals surface area (Å²) in [7, 11) is 1.93. The predicted molar refractivity (Wildman–Crippen MR) is 56.0 cm³/mol. The molecule has 0 aliphatic carbocycles. The van der Waals surface area contributed by atoms with Crippen molar-refractivity contribution in [1.29, 1.82) is 0 Å². The fourth-order valence-electron chi connectivity index (χ4n) is 0.902. The van der Waals surface area contributed by atoms with Crippen molar-refractivity contribution in [1.82, 2.24) is 0 Å². The van der Waals surface area contributed by atoms with E-state index in [1.54, 1.807) is 0 Å². The molecule has 1 unspecified atom stereocenters. The number of ketones is 1. The zero-order valence-corrected chi connectivity index (χ0v) is 10.4. The summed E-state index contributed by atoms with van der Waals surface area (Å²) < 4.78 is 44.3. The molecule has 0 fully saturated rings. The summed E-state index contributed by atoms with van der Waals surface area (Å²) in [5.41, 5.74) is 0. The van der Waals surface area contributed by atoms with Crippen LogP contribution in [0, 0.1) is 0 Å². The number of esters is 2. The van der Waals surface area contributed by atoms with Gasteiger partial charge < -0.3 is 9.47 Å². The molecule has 0 amide bonds. The van der Waals surface area contributed by atoms with Gasteiger partial charge in [0.1, 0.15) is 5.25 Å². The van der Waals surface area contributed by atoms with Crippen LogP contribution < -0.4 is 0 Å². The maximum atomic E-state index is 12.0. The second-order valence-electron chi connectivity index (χ2n) is 3.06. The molecule has 0 aromatic carbocycles. The number of halogens is 3. The van der Waals surface area contributed by atoms with Crippen molar-refractivity contribution in [2.24, 2.45) is 0 Å². The largest absolute Gasteiger partial charge is 0.468 e. The summed E-state index contributed by atoms with van der Waals surface area (Å²) in [6.45, 7) is 0. The lowest BCUT2D eigenvalue weighted by Gasteiger charge is -2.14. The van der Waals surface area contributed by atoms with Gasteiger partial charge in [-0.05, 0) is 0 Å². The van der Waals surface area contributed by atoms with Crippen molar-refractivity contribution in [3.63, 3.8) is 0 Å². The highest BCUT2D eigenvalue weighted by Crippen LogP contribution is 2.26. The quantitative estimate of drug-likeness (QED) is 0.535. The van der Waals surface area contributed by atoms with E-state index in [2.05, 4.69) is 9.47 Å². The van der Waals surface area contributed by atoms with E-state index in [0.29, 0.717) is 0 Å². The van der Waals surface area contributed by atoms with Crippen molar-refractivity contribution < 1.29 is 37.0 Å². The molecule has 104 valence electrons. The Bertz CT molecular complexity index is 329. The van der Waals surface area contributed by atoms with E-state index >= 15 is 0 Å². The second kappa shape index (κ2) is 7.24. The number of rotatable bonds is 6. The Morgan fingerprint density at radius 2 is 1.72 bits per heavy atom. The van der Waals surface area contributed by atoms with Crippen LogP contribution >= 0.6 is 11.8 Å². The molecule has 0 heterocycles. The maximum Gasteiger partial charge on any atom is 0.397 e. The van der Waals surface area contributed by atoms with Crippen LogP contribution in [0.15, 0.2) is 0 Å². The average molecular weight is 288 g/mol. The summed E-state index contributed by atoms with van der Waals surface area (Å²) in [6.07, 6.45) is -5.18. The van der Waals surface area contributed by atoms with E-state index in [0.717, 1.165) is 14.2 Å². The van der Waals surface area contributed by atoms with Gasteiger partial charge in [-0.3, -0.25) is 9.59 Å². The lowest BCUT2D eigenvalue weighted by atomic mass is 10.2. The molecule has 0 rings (SSSR count). The minimum Gasteiger partial charge on any atom is -0.468 e. The fraction of sp³-hybridized carbons (Fsp3) is 0.667. The first-order valence-electron chi connectivity index (χ1n) is 4.58. The van der Waals surface area contributed by atoms with Crippen molar-refractivity contribution >= 4 is 29.5 Å². The monoisotopic (exact) mass is 288 g/mol. The number of alkyl halides is 3.